The Balaban J connectivity index is 2.45. The van der Waals surface area contributed by atoms with Gasteiger partial charge in [-0.1, -0.05) is 6.07 Å². The van der Waals surface area contributed by atoms with Crippen molar-refractivity contribution in [2.24, 2.45) is 5.73 Å². The van der Waals surface area contributed by atoms with Crippen molar-refractivity contribution in [2.75, 3.05) is 0 Å². The maximum atomic E-state index is 11.6. The minimum atomic E-state index is -1.28. The summed E-state index contributed by atoms with van der Waals surface area (Å²) < 4.78 is 0. The number of nitrogens with two attached hydrogens (primary N) is 1. The van der Waals surface area contributed by atoms with Crippen LogP contribution in [-0.4, -0.2) is 33.9 Å². The third kappa shape index (κ3) is 5.62. The summed E-state index contributed by atoms with van der Waals surface area (Å²) in [4.78, 5) is 37.0. The second-order valence-corrected chi connectivity index (χ2v) is 3.99. The Morgan fingerprint density at radius 2 is 2.16 bits per heavy atom. The number of hydrogen-bond acceptors (Lipinski definition) is 4. The zero-order valence-corrected chi connectivity index (χ0v) is 10.2. The third-order valence-corrected chi connectivity index (χ3v) is 2.40. The lowest BCUT2D eigenvalue weighted by Crippen LogP contribution is -2.43. The van der Waals surface area contributed by atoms with Crippen molar-refractivity contribution in [3.05, 3.63) is 30.1 Å². The average molecular weight is 265 g/mol. The number of nitrogens with zero attached hydrogens (tertiary/aromatic N) is 1. The average Bonchev–Trinajstić information content (AvgIpc) is 2.36. The van der Waals surface area contributed by atoms with E-state index in [0.717, 1.165) is 5.56 Å². The number of primary amides is 1. The maximum absolute atomic E-state index is 11.6. The highest BCUT2D eigenvalue weighted by Gasteiger charge is 2.21. The van der Waals surface area contributed by atoms with Gasteiger partial charge in [-0.15, -0.1) is 0 Å². The SMILES string of the molecule is NC(=O)CC(NC(=O)CCc1cccnc1)C(=O)O. The Morgan fingerprint density at radius 3 is 2.68 bits per heavy atom. The molecule has 7 nitrogen and oxygen atoms in total. The van der Waals surface area contributed by atoms with Gasteiger partial charge in [-0.25, -0.2) is 4.79 Å². The van der Waals surface area contributed by atoms with Crippen molar-refractivity contribution < 1.29 is 19.5 Å². The Bertz CT molecular complexity index is 461. The van der Waals surface area contributed by atoms with Crippen molar-refractivity contribution in [2.45, 2.75) is 25.3 Å². The van der Waals surface area contributed by atoms with E-state index in [2.05, 4.69) is 10.3 Å². The van der Waals surface area contributed by atoms with Crippen LogP contribution in [-0.2, 0) is 20.8 Å². The molecule has 1 heterocycles. The Kier molecular flexibility index (Phi) is 5.46. The van der Waals surface area contributed by atoms with E-state index in [1.165, 1.54) is 0 Å². The number of pyridine rings is 1. The number of aromatic nitrogens is 1. The lowest BCUT2D eigenvalue weighted by atomic mass is 10.1. The number of hydrogen-bond donors (Lipinski definition) is 3. The maximum Gasteiger partial charge on any atom is 0.326 e. The molecule has 0 bridgehead atoms. The summed E-state index contributed by atoms with van der Waals surface area (Å²) in [6, 6.07) is 2.29. The van der Waals surface area contributed by atoms with Crippen LogP contribution >= 0.6 is 0 Å². The number of aryl methyl sites for hydroxylation is 1. The van der Waals surface area contributed by atoms with Gasteiger partial charge in [0.2, 0.25) is 11.8 Å². The smallest absolute Gasteiger partial charge is 0.326 e. The van der Waals surface area contributed by atoms with Gasteiger partial charge in [0.05, 0.1) is 6.42 Å². The van der Waals surface area contributed by atoms with Crippen molar-refractivity contribution in [1.29, 1.82) is 0 Å². The van der Waals surface area contributed by atoms with Crippen LogP contribution in [0.15, 0.2) is 24.5 Å². The van der Waals surface area contributed by atoms with Gasteiger partial charge in [0, 0.05) is 18.8 Å². The van der Waals surface area contributed by atoms with E-state index in [4.69, 9.17) is 10.8 Å². The molecule has 1 aromatic rings. The lowest BCUT2D eigenvalue weighted by Gasteiger charge is -2.12. The summed E-state index contributed by atoms with van der Waals surface area (Å²) in [6.07, 6.45) is 3.40. The van der Waals surface area contributed by atoms with E-state index in [9.17, 15) is 14.4 Å². The molecule has 2 amide bonds. The van der Waals surface area contributed by atoms with Crippen LogP contribution < -0.4 is 11.1 Å². The minimum absolute atomic E-state index is 0.119. The zero-order chi connectivity index (χ0) is 14.3. The molecule has 0 radical (unpaired) electrons. The molecule has 4 N–H and O–H groups in total. The molecule has 19 heavy (non-hydrogen) atoms. The zero-order valence-electron chi connectivity index (χ0n) is 10.2. The summed E-state index contributed by atoms with van der Waals surface area (Å²) in [5.41, 5.74) is 5.78. The molecule has 0 aromatic carbocycles. The molecule has 1 aromatic heterocycles. The van der Waals surface area contributed by atoms with Gasteiger partial charge in [-0.05, 0) is 18.1 Å². The molecule has 0 aliphatic carbocycles. The Hall–Kier alpha value is -2.44. The molecule has 0 aliphatic heterocycles. The first kappa shape index (κ1) is 14.6. The van der Waals surface area contributed by atoms with Gasteiger partial charge in [0.25, 0.3) is 0 Å². The molecular weight excluding hydrogens is 250 g/mol. The summed E-state index contributed by atoms with van der Waals surface area (Å²) >= 11 is 0. The van der Waals surface area contributed by atoms with Crippen LogP contribution in [0, 0.1) is 0 Å². The second kappa shape index (κ2) is 7.10. The van der Waals surface area contributed by atoms with Crippen LogP contribution in [0.5, 0.6) is 0 Å². The van der Waals surface area contributed by atoms with Crippen LogP contribution in [0.4, 0.5) is 0 Å². The first-order chi connectivity index (χ1) is 8.99. The molecule has 1 unspecified atom stereocenters. The van der Waals surface area contributed by atoms with Gasteiger partial charge < -0.3 is 16.2 Å². The fourth-order valence-electron chi connectivity index (χ4n) is 1.47. The first-order valence-electron chi connectivity index (χ1n) is 5.68. The Labute approximate surface area is 109 Å². The number of carbonyl (C=O) groups excluding carboxylic acids is 2. The third-order valence-electron chi connectivity index (χ3n) is 2.40. The molecule has 0 spiro atoms. The number of carboxylic acids is 1. The molecule has 1 atom stereocenters. The van der Waals surface area contributed by atoms with Crippen LogP contribution in [0.25, 0.3) is 0 Å². The van der Waals surface area contributed by atoms with Crippen molar-refractivity contribution in [3.8, 4) is 0 Å². The van der Waals surface area contributed by atoms with E-state index < -0.39 is 30.2 Å². The summed E-state index contributed by atoms with van der Waals surface area (Å²) in [7, 11) is 0. The molecule has 7 heteroatoms. The molecule has 0 saturated heterocycles. The van der Waals surface area contributed by atoms with Crippen molar-refractivity contribution in [1.82, 2.24) is 10.3 Å². The van der Waals surface area contributed by atoms with E-state index in [1.807, 2.05) is 6.07 Å². The first-order valence-corrected chi connectivity index (χ1v) is 5.68. The van der Waals surface area contributed by atoms with Crippen LogP contribution in [0.1, 0.15) is 18.4 Å². The number of carbonyl (C=O) groups is 3. The van der Waals surface area contributed by atoms with Crippen molar-refractivity contribution >= 4 is 17.8 Å². The molecule has 0 aliphatic rings. The standard InChI is InChI=1S/C12H15N3O4/c13-10(16)6-9(12(18)19)15-11(17)4-3-8-2-1-5-14-7-8/h1-2,5,7,9H,3-4,6H2,(H2,13,16)(H,15,17)(H,18,19). The topological polar surface area (TPSA) is 122 Å². The summed E-state index contributed by atoms with van der Waals surface area (Å²) in [5, 5.41) is 11.1. The van der Waals surface area contributed by atoms with Crippen molar-refractivity contribution in [3.63, 3.8) is 0 Å². The van der Waals surface area contributed by atoms with E-state index in [0.29, 0.717) is 6.42 Å². The van der Waals surface area contributed by atoms with E-state index in [1.54, 1.807) is 18.5 Å². The predicted molar refractivity (Wildman–Crippen MR) is 65.9 cm³/mol. The minimum Gasteiger partial charge on any atom is -0.480 e. The Morgan fingerprint density at radius 1 is 1.42 bits per heavy atom. The quantitative estimate of drug-likeness (QED) is 0.611. The summed E-state index contributed by atoms with van der Waals surface area (Å²) in [5.74, 6) is -2.51. The number of rotatable bonds is 7. The fourth-order valence-corrected chi connectivity index (χ4v) is 1.47. The van der Waals surface area contributed by atoms with Gasteiger partial charge in [0.15, 0.2) is 0 Å². The number of carboxylic acid groups (broad SMARTS) is 1. The second-order valence-electron chi connectivity index (χ2n) is 3.99. The normalized spacial score (nSPS) is 11.6. The lowest BCUT2D eigenvalue weighted by molar-refractivity contribution is -0.143. The molecule has 102 valence electrons. The van der Waals surface area contributed by atoms with Gasteiger partial charge >= 0.3 is 5.97 Å². The highest BCUT2D eigenvalue weighted by Crippen LogP contribution is 2.01. The monoisotopic (exact) mass is 265 g/mol. The number of amides is 2. The van der Waals surface area contributed by atoms with E-state index >= 15 is 0 Å². The van der Waals surface area contributed by atoms with Crippen LogP contribution in [0.3, 0.4) is 0 Å². The molecule has 0 saturated carbocycles. The molecular formula is C12H15N3O4. The van der Waals surface area contributed by atoms with Gasteiger partial charge in [0.1, 0.15) is 6.04 Å². The summed E-state index contributed by atoms with van der Waals surface area (Å²) in [6.45, 7) is 0. The van der Waals surface area contributed by atoms with Gasteiger partial charge in [-0.2, -0.15) is 0 Å². The highest BCUT2D eigenvalue weighted by atomic mass is 16.4. The van der Waals surface area contributed by atoms with Crippen LogP contribution in [0.2, 0.25) is 0 Å². The predicted octanol–water partition coefficient (Wildman–Crippen LogP) is -0.541. The molecule has 0 fully saturated rings. The number of aliphatic carboxylic acids is 1. The van der Waals surface area contributed by atoms with Gasteiger partial charge in [-0.3, -0.25) is 14.6 Å². The number of nitrogens with one attached hydrogen (secondary N) is 1. The van der Waals surface area contributed by atoms with E-state index in [-0.39, 0.29) is 6.42 Å². The largest absolute Gasteiger partial charge is 0.480 e. The fraction of sp³-hybridized carbons (Fsp3) is 0.333. The molecule has 1 rings (SSSR count). The highest BCUT2D eigenvalue weighted by molar-refractivity contribution is 5.88.